The van der Waals surface area contributed by atoms with Gasteiger partial charge in [-0.2, -0.15) is 0 Å². The smallest absolute Gasteiger partial charge is 0.195 e. The first-order valence-electron chi connectivity index (χ1n) is 9.17. The molecule has 3 N–H and O–H groups in total. The molecule has 138 valence electrons. The highest BCUT2D eigenvalue weighted by Gasteiger charge is 2.68. The summed E-state index contributed by atoms with van der Waals surface area (Å²) in [6.07, 6.45) is 2.95. The van der Waals surface area contributed by atoms with Crippen molar-refractivity contribution in [1.29, 1.82) is 0 Å². The summed E-state index contributed by atoms with van der Waals surface area (Å²) in [5, 5.41) is 32.2. The number of allylic oxidation sites excluding steroid dienone is 1. The molecule has 0 radical (unpaired) electrons. The standard InChI is InChI=1S/C20H34O4/c1-7-12(2)10-14(21)17-13(3)8-9-15-18(4,5)11-16(22)20(23,24)19(15,17)6/h7,12-13,15-17,22-24H,1,8-11H2,2-6H3/t12-,13+,15+,16+,17-,19+/m1/s1. The number of aliphatic hydroxyl groups excluding tert-OH is 1. The first-order valence-corrected chi connectivity index (χ1v) is 9.17. The number of hydrogen-bond acceptors (Lipinski definition) is 4. The largest absolute Gasteiger partial charge is 0.387 e. The molecule has 6 atom stereocenters. The van der Waals surface area contributed by atoms with Crippen LogP contribution in [0.25, 0.3) is 0 Å². The summed E-state index contributed by atoms with van der Waals surface area (Å²) in [5.41, 5.74) is -1.30. The molecule has 0 aromatic heterocycles. The van der Waals surface area contributed by atoms with Gasteiger partial charge in [-0.05, 0) is 42.4 Å². The van der Waals surface area contributed by atoms with Crippen LogP contribution in [0.15, 0.2) is 12.7 Å². The Labute approximate surface area is 146 Å². The lowest BCUT2D eigenvalue weighted by Gasteiger charge is -2.64. The van der Waals surface area contributed by atoms with Crippen LogP contribution in [0.4, 0.5) is 0 Å². The van der Waals surface area contributed by atoms with Gasteiger partial charge in [0.1, 0.15) is 11.9 Å². The van der Waals surface area contributed by atoms with Gasteiger partial charge >= 0.3 is 0 Å². The van der Waals surface area contributed by atoms with Gasteiger partial charge in [0, 0.05) is 17.8 Å². The Morgan fingerprint density at radius 3 is 2.42 bits per heavy atom. The second-order valence-electron chi connectivity index (χ2n) is 9.19. The number of fused-ring (bicyclic) bond motifs is 1. The average Bonchev–Trinajstić information content (AvgIpc) is 2.44. The zero-order valence-corrected chi connectivity index (χ0v) is 15.7. The van der Waals surface area contributed by atoms with E-state index in [-0.39, 0.29) is 29.0 Å². The minimum absolute atomic E-state index is 0.0208. The van der Waals surface area contributed by atoms with Crippen LogP contribution in [-0.4, -0.2) is 33.0 Å². The van der Waals surface area contributed by atoms with Crippen molar-refractivity contribution in [2.45, 2.75) is 72.2 Å². The molecule has 2 aliphatic carbocycles. The highest BCUT2D eigenvalue weighted by molar-refractivity contribution is 5.83. The van der Waals surface area contributed by atoms with E-state index in [1.807, 2.05) is 13.8 Å². The summed E-state index contributed by atoms with van der Waals surface area (Å²) in [6, 6.07) is 0. The topological polar surface area (TPSA) is 77.8 Å². The molecule has 2 fully saturated rings. The van der Waals surface area contributed by atoms with Crippen molar-refractivity contribution in [2.24, 2.45) is 34.5 Å². The number of carbonyl (C=O) groups excluding carboxylic acids is 1. The maximum atomic E-state index is 13.1. The van der Waals surface area contributed by atoms with E-state index in [2.05, 4.69) is 20.4 Å². The Hall–Kier alpha value is -0.710. The second-order valence-corrected chi connectivity index (χ2v) is 9.19. The van der Waals surface area contributed by atoms with Gasteiger partial charge in [-0.25, -0.2) is 0 Å². The summed E-state index contributed by atoms with van der Waals surface area (Å²) in [4.78, 5) is 13.1. The number of rotatable bonds is 4. The Morgan fingerprint density at radius 2 is 1.88 bits per heavy atom. The van der Waals surface area contributed by atoms with Gasteiger partial charge in [-0.3, -0.25) is 4.79 Å². The second kappa shape index (κ2) is 6.22. The Balaban J connectivity index is 2.52. The number of hydrogen-bond donors (Lipinski definition) is 3. The van der Waals surface area contributed by atoms with Crippen LogP contribution in [0.5, 0.6) is 0 Å². The summed E-state index contributed by atoms with van der Waals surface area (Å²) in [6.45, 7) is 13.7. The monoisotopic (exact) mass is 338 g/mol. The molecular formula is C20H34O4. The van der Waals surface area contributed by atoms with Crippen molar-refractivity contribution < 1.29 is 20.1 Å². The molecule has 2 rings (SSSR count). The van der Waals surface area contributed by atoms with Gasteiger partial charge in [0.25, 0.3) is 0 Å². The molecule has 0 saturated heterocycles. The molecule has 4 heteroatoms. The van der Waals surface area contributed by atoms with Crippen LogP contribution in [0.2, 0.25) is 0 Å². The minimum Gasteiger partial charge on any atom is -0.387 e. The molecule has 0 heterocycles. The quantitative estimate of drug-likeness (QED) is 0.544. The van der Waals surface area contributed by atoms with Crippen LogP contribution in [0.3, 0.4) is 0 Å². The van der Waals surface area contributed by atoms with Crippen molar-refractivity contribution in [3.8, 4) is 0 Å². The van der Waals surface area contributed by atoms with E-state index in [4.69, 9.17) is 0 Å². The minimum atomic E-state index is -2.25. The molecule has 2 saturated carbocycles. The predicted molar refractivity (Wildman–Crippen MR) is 94.0 cm³/mol. The van der Waals surface area contributed by atoms with Gasteiger partial charge in [0.05, 0.1) is 0 Å². The Morgan fingerprint density at radius 1 is 1.29 bits per heavy atom. The molecule has 0 bridgehead atoms. The predicted octanol–water partition coefficient (Wildman–Crippen LogP) is 2.91. The van der Waals surface area contributed by atoms with Crippen molar-refractivity contribution in [3.05, 3.63) is 12.7 Å². The fourth-order valence-electron chi connectivity index (χ4n) is 5.71. The zero-order valence-electron chi connectivity index (χ0n) is 15.7. The van der Waals surface area contributed by atoms with Crippen LogP contribution >= 0.6 is 0 Å². The molecule has 24 heavy (non-hydrogen) atoms. The molecule has 2 aliphatic rings. The van der Waals surface area contributed by atoms with Crippen LogP contribution in [0, 0.1) is 34.5 Å². The highest BCUT2D eigenvalue weighted by Crippen LogP contribution is 2.64. The van der Waals surface area contributed by atoms with E-state index in [0.717, 1.165) is 12.8 Å². The summed E-state index contributed by atoms with van der Waals surface area (Å²) in [5.74, 6) is -2.56. The lowest BCUT2D eigenvalue weighted by molar-refractivity contribution is -0.356. The lowest BCUT2D eigenvalue weighted by Crippen LogP contribution is -2.71. The van der Waals surface area contributed by atoms with Crippen LogP contribution in [-0.2, 0) is 4.79 Å². The average molecular weight is 338 g/mol. The Kier molecular flexibility index (Phi) is 5.09. The van der Waals surface area contributed by atoms with E-state index in [0.29, 0.717) is 12.8 Å². The molecule has 4 nitrogen and oxygen atoms in total. The number of carbonyl (C=O) groups is 1. The maximum Gasteiger partial charge on any atom is 0.195 e. The number of ketones is 1. The molecule has 0 aromatic carbocycles. The van der Waals surface area contributed by atoms with Crippen molar-refractivity contribution in [1.82, 2.24) is 0 Å². The third-order valence-corrected chi connectivity index (χ3v) is 7.04. The fourth-order valence-corrected chi connectivity index (χ4v) is 5.71. The van der Waals surface area contributed by atoms with E-state index < -0.39 is 23.2 Å². The third-order valence-electron chi connectivity index (χ3n) is 7.04. The van der Waals surface area contributed by atoms with E-state index in [9.17, 15) is 20.1 Å². The van der Waals surface area contributed by atoms with Crippen molar-refractivity contribution >= 4 is 5.78 Å². The molecule has 0 unspecified atom stereocenters. The molecule has 0 aromatic rings. The first kappa shape index (κ1) is 19.6. The lowest BCUT2D eigenvalue weighted by atomic mass is 9.43. The molecule has 0 aliphatic heterocycles. The highest BCUT2D eigenvalue weighted by atomic mass is 16.5. The van der Waals surface area contributed by atoms with Gasteiger partial charge < -0.3 is 15.3 Å². The fraction of sp³-hybridized carbons (Fsp3) is 0.850. The molecule has 0 spiro atoms. The summed E-state index contributed by atoms with van der Waals surface area (Å²) in [7, 11) is 0. The normalized spacial score (nSPS) is 42.0. The van der Waals surface area contributed by atoms with Crippen molar-refractivity contribution in [3.63, 3.8) is 0 Å². The number of Topliss-reactive ketones (excluding diaryl/α,β-unsaturated/α-hetero) is 1. The SMILES string of the molecule is C=C[C@@H](C)CC(=O)[C@H]1[C@@H](C)CC[C@H]2C(C)(C)C[C@H](O)C(O)(O)[C@]12C. The number of aliphatic hydroxyl groups is 3. The van der Waals surface area contributed by atoms with Gasteiger partial charge in [0.15, 0.2) is 5.79 Å². The summed E-state index contributed by atoms with van der Waals surface area (Å²) >= 11 is 0. The summed E-state index contributed by atoms with van der Waals surface area (Å²) < 4.78 is 0. The first-order chi connectivity index (χ1) is 10.9. The zero-order chi connectivity index (χ0) is 18.5. The van der Waals surface area contributed by atoms with E-state index in [1.165, 1.54) is 0 Å². The van der Waals surface area contributed by atoms with Gasteiger partial charge in [0.2, 0.25) is 0 Å². The molecule has 0 amide bonds. The third kappa shape index (κ3) is 2.77. The Bertz CT molecular complexity index is 510. The van der Waals surface area contributed by atoms with E-state index >= 15 is 0 Å². The van der Waals surface area contributed by atoms with Crippen molar-refractivity contribution in [2.75, 3.05) is 0 Å². The van der Waals surface area contributed by atoms with Gasteiger partial charge in [-0.1, -0.05) is 40.7 Å². The van der Waals surface area contributed by atoms with Crippen LogP contribution in [0.1, 0.15) is 60.3 Å². The van der Waals surface area contributed by atoms with Gasteiger partial charge in [-0.15, -0.1) is 6.58 Å². The van der Waals surface area contributed by atoms with Crippen LogP contribution < -0.4 is 0 Å². The maximum absolute atomic E-state index is 13.1. The molecular weight excluding hydrogens is 304 g/mol. The van der Waals surface area contributed by atoms with E-state index in [1.54, 1.807) is 13.0 Å².